The van der Waals surface area contributed by atoms with Crippen molar-refractivity contribution in [2.45, 2.75) is 11.8 Å². The van der Waals surface area contributed by atoms with Crippen LogP contribution in [-0.2, 0) is 4.79 Å². The van der Waals surface area contributed by atoms with Crippen LogP contribution in [0.2, 0.25) is 0 Å². The van der Waals surface area contributed by atoms with Crippen LogP contribution < -0.4 is 0 Å². The molecule has 12 heavy (non-hydrogen) atoms. The molecule has 0 unspecified atom stereocenters. The van der Waals surface area contributed by atoms with E-state index in [-0.39, 0.29) is 5.12 Å². The Bertz CT molecular complexity index is 268. The maximum absolute atomic E-state index is 11.0. The molecule has 0 saturated heterocycles. The second kappa shape index (κ2) is 4.87. The summed E-state index contributed by atoms with van der Waals surface area (Å²) in [7, 11) is 0. The SMILES string of the molecule is Cc1ccc(SC(=O)CI)cc1. The Balaban J connectivity index is 2.64. The lowest BCUT2D eigenvalue weighted by Crippen LogP contribution is -1.90. The van der Waals surface area contributed by atoms with Crippen LogP contribution in [0, 0.1) is 6.92 Å². The summed E-state index contributed by atoms with van der Waals surface area (Å²) in [5, 5.41) is 0.208. The monoisotopic (exact) mass is 292 g/mol. The van der Waals surface area contributed by atoms with E-state index in [2.05, 4.69) is 22.6 Å². The van der Waals surface area contributed by atoms with Crippen molar-refractivity contribution in [1.82, 2.24) is 0 Å². The van der Waals surface area contributed by atoms with Crippen LogP contribution in [0.15, 0.2) is 29.2 Å². The molecule has 0 aliphatic carbocycles. The van der Waals surface area contributed by atoms with Gasteiger partial charge in [0.25, 0.3) is 0 Å². The maximum Gasteiger partial charge on any atom is 0.203 e. The number of carbonyl (C=O) groups excluding carboxylic acids is 1. The molecule has 0 bridgehead atoms. The van der Waals surface area contributed by atoms with Crippen molar-refractivity contribution in [3.63, 3.8) is 0 Å². The van der Waals surface area contributed by atoms with Gasteiger partial charge in [0.2, 0.25) is 5.12 Å². The molecule has 1 aromatic carbocycles. The van der Waals surface area contributed by atoms with Crippen LogP contribution in [0.3, 0.4) is 0 Å². The van der Waals surface area contributed by atoms with E-state index in [0.717, 1.165) is 4.90 Å². The molecular weight excluding hydrogens is 283 g/mol. The highest BCUT2D eigenvalue weighted by Gasteiger charge is 2.00. The normalized spacial score (nSPS) is 9.83. The number of benzene rings is 1. The number of halogens is 1. The zero-order chi connectivity index (χ0) is 8.97. The summed E-state index contributed by atoms with van der Waals surface area (Å²) in [6, 6.07) is 7.99. The Morgan fingerprint density at radius 1 is 1.42 bits per heavy atom. The first-order valence-corrected chi connectivity index (χ1v) is 5.90. The molecular formula is C9H9IOS. The molecule has 0 spiro atoms. The average molecular weight is 292 g/mol. The molecule has 0 heterocycles. The lowest BCUT2D eigenvalue weighted by atomic mass is 10.2. The van der Waals surface area contributed by atoms with Crippen molar-refractivity contribution >= 4 is 39.5 Å². The van der Waals surface area contributed by atoms with E-state index < -0.39 is 0 Å². The lowest BCUT2D eigenvalue weighted by molar-refractivity contribution is -0.108. The van der Waals surface area contributed by atoms with Gasteiger partial charge in [0.1, 0.15) is 0 Å². The fraction of sp³-hybridized carbons (Fsp3) is 0.222. The molecule has 3 heteroatoms. The predicted octanol–water partition coefficient (Wildman–Crippen LogP) is 3.05. The molecule has 0 amide bonds. The summed E-state index contributed by atoms with van der Waals surface area (Å²) < 4.78 is 0.566. The zero-order valence-electron chi connectivity index (χ0n) is 6.71. The van der Waals surface area contributed by atoms with Crippen LogP contribution in [0.4, 0.5) is 0 Å². The van der Waals surface area contributed by atoms with Gasteiger partial charge in [0.05, 0.1) is 4.43 Å². The number of thioether (sulfide) groups is 1. The minimum absolute atomic E-state index is 0.208. The summed E-state index contributed by atoms with van der Waals surface area (Å²) in [6.45, 7) is 2.04. The summed E-state index contributed by atoms with van der Waals surface area (Å²) >= 11 is 3.38. The third kappa shape index (κ3) is 3.15. The minimum Gasteiger partial charge on any atom is -0.286 e. The molecule has 0 atom stereocenters. The van der Waals surface area contributed by atoms with Gasteiger partial charge in [-0.25, -0.2) is 0 Å². The second-order valence-corrected chi connectivity index (χ2v) is 4.31. The fourth-order valence-electron chi connectivity index (χ4n) is 0.765. The Morgan fingerprint density at radius 3 is 2.50 bits per heavy atom. The van der Waals surface area contributed by atoms with E-state index in [0.29, 0.717) is 4.43 Å². The second-order valence-electron chi connectivity index (χ2n) is 2.42. The molecule has 64 valence electrons. The first-order chi connectivity index (χ1) is 5.72. The lowest BCUT2D eigenvalue weighted by Gasteiger charge is -1.97. The van der Waals surface area contributed by atoms with Gasteiger partial charge in [-0.3, -0.25) is 4.79 Å². The van der Waals surface area contributed by atoms with Crippen molar-refractivity contribution in [3.8, 4) is 0 Å². The minimum atomic E-state index is 0.208. The van der Waals surface area contributed by atoms with Crippen LogP contribution >= 0.6 is 34.4 Å². The van der Waals surface area contributed by atoms with Crippen LogP contribution in [0.5, 0.6) is 0 Å². The van der Waals surface area contributed by atoms with Gasteiger partial charge in [-0.05, 0) is 19.1 Å². The number of alkyl halides is 1. The van der Waals surface area contributed by atoms with Gasteiger partial charge < -0.3 is 0 Å². The quantitative estimate of drug-likeness (QED) is 0.473. The number of hydrogen-bond acceptors (Lipinski definition) is 2. The fourth-order valence-corrected chi connectivity index (χ4v) is 1.82. The standard InChI is InChI=1S/C9H9IOS/c1-7-2-4-8(5-3-7)12-9(11)6-10/h2-5H,6H2,1H3. The van der Waals surface area contributed by atoms with Crippen molar-refractivity contribution in [3.05, 3.63) is 29.8 Å². The molecule has 0 aliphatic rings. The summed E-state index contributed by atoms with van der Waals surface area (Å²) in [5.41, 5.74) is 1.22. The smallest absolute Gasteiger partial charge is 0.203 e. The molecule has 1 aromatic rings. The van der Waals surface area contributed by atoms with E-state index in [1.54, 1.807) is 0 Å². The molecule has 0 N–H and O–H groups in total. The maximum atomic E-state index is 11.0. The highest BCUT2D eigenvalue weighted by atomic mass is 127. The molecule has 0 saturated carbocycles. The molecule has 0 aliphatic heterocycles. The zero-order valence-corrected chi connectivity index (χ0v) is 9.68. The predicted molar refractivity (Wildman–Crippen MR) is 60.9 cm³/mol. The third-order valence-corrected chi connectivity index (χ3v) is 3.45. The highest BCUT2D eigenvalue weighted by Crippen LogP contribution is 2.19. The largest absolute Gasteiger partial charge is 0.286 e. The third-order valence-electron chi connectivity index (χ3n) is 1.36. The molecule has 0 aromatic heterocycles. The van der Waals surface area contributed by atoms with E-state index in [1.165, 1.54) is 17.3 Å². The first kappa shape index (κ1) is 10.1. The topological polar surface area (TPSA) is 17.1 Å². The number of aryl methyl sites for hydroxylation is 1. The Morgan fingerprint density at radius 2 is 2.00 bits per heavy atom. The van der Waals surface area contributed by atoms with Gasteiger partial charge in [-0.15, -0.1) is 0 Å². The van der Waals surface area contributed by atoms with Crippen LogP contribution in [0.1, 0.15) is 5.56 Å². The van der Waals surface area contributed by atoms with Crippen molar-refractivity contribution in [2.24, 2.45) is 0 Å². The Hall–Kier alpha value is -0.0300. The first-order valence-electron chi connectivity index (χ1n) is 3.55. The summed E-state index contributed by atoms with van der Waals surface area (Å²) in [5.74, 6) is 0. The summed E-state index contributed by atoms with van der Waals surface area (Å²) in [6.07, 6.45) is 0. The van der Waals surface area contributed by atoms with E-state index in [9.17, 15) is 4.79 Å². The van der Waals surface area contributed by atoms with Crippen LogP contribution in [-0.4, -0.2) is 9.54 Å². The molecule has 0 fully saturated rings. The van der Waals surface area contributed by atoms with Crippen molar-refractivity contribution in [2.75, 3.05) is 4.43 Å². The Labute approximate surface area is 90.1 Å². The molecule has 1 rings (SSSR count). The van der Waals surface area contributed by atoms with E-state index in [1.807, 2.05) is 31.2 Å². The van der Waals surface area contributed by atoms with Gasteiger partial charge in [-0.2, -0.15) is 0 Å². The van der Waals surface area contributed by atoms with E-state index >= 15 is 0 Å². The highest BCUT2D eigenvalue weighted by molar-refractivity contribution is 14.1. The average Bonchev–Trinajstić information content (AvgIpc) is 2.09. The van der Waals surface area contributed by atoms with Gasteiger partial charge >= 0.3 is 0 Å². The van der Waals surface area contributed by atoms with E-state index in [4.69, 9.17) is 0 Å². The summed E-state index contributed by atoms with van der Waals surface area (Å²) in [4.78, 5) is 12.1. The van der Waals surface area contributed by atoms with Crippen LogP contribution in [0.25, 0.3) is 0 Å². The van der Waals surface area contributed by atoms with Gasteiger partial charge in [0, 0.05) is 4.90 Å². The molecule has 0 radical (unpaired) electrons. The Kier molecular flexibility index (Phi) is 4.08. The number of rotatable bonds is 2. The van der Waals surface area contributed by atoms with Gasteiger partial charge in [-0.1, -0.05) is 52.0 Å². The van der Waals surface area contributed by atoms with Gasteiger partial charge in [0.15, 0.2) is 0 Å². The number of carbonyl (C=O) groups is 1. The van der Waals surface area contributed by atoms with Crippen molar-refractivity contribution < 1.29 is 4.79 Å². The number of hydrogen-bond donors (Lipinski definition) is 0. The van der Waals surface area contributed by atoms with Crippen molar-refractivity contribution in [1.29, 1.82) is 0 Å². The molecule has 1 nitrogen and oxygen atoms in total.